The summed E-state index contributed by atoms with van der Waals surface area (Å²) in [5, 5.41) is 4.75. The van der Waals surface area contributed by atoms with E-state index in [-0.39, 0.29) is 12.3 Å². The summed E-state index contributed by atoms with van der Waals surface area (Å²) in [6, 6.07) is 9.08. The van der Waals surface area contributed by atoms with E-state index in [9.17, 15) is 9.59 Å². The molecule has 3 N–H and O–H groups in total. The van der Waals surface area contributed by atoms with Crippen molar-refractivity contribution in [1.29, 1.82) is 0 Å². The third-order valence-corrected chi connectivity index (χ3v) is 3.37. The summed E-state index contributed by atoms with van der Waals surface area (Å²) in [6.45, 7) is 1.65. The Labute approximate surface area is 125 Å². The molecule has 1 unspecified atom stereocenters. The van der Waals surface area contributed by atoms with Gasteiger partial charge in [0.15, 0.2) is 11.2 Å². The molecule has 1 atom stereocenters. The molecule has 0 aliphatic rings. The van der Waals surface area contributed by atoms with Gasteiger partial charge in [0.25, 0.3) is 5.91 Å². The van der Waals surface area contributed by atoms with Crippen LogP contribution in [0.3, 0.4) is 0 Å². The molecule has 1 aromatic heterocycles. The summed E-state index contributed by atoms with van der Waals surface area (Å²) < 4.78 is 5.51. The fourth-order valence-electron chi connectivity index (χ4n) is 1.59. The second-order valence-corrected chi connectivity index (χ2v) is 5.21. The normalized spacial score (nSPS) is 11.7. The minimum absolute atomic E-state index is 0.0580. The Kier molecular flexibility index (Phi) is 4.89. The van der Waals surface area contributed by atoms with Crippen molar-refractivity contribution in [3.63, 3.8) is 0 Å². The number of benzene rings is 1. The highest BCUT2D eigenvalue weighted by atomic mass is 32.1. The van der Waals surface area contributed by atoms with Gasteiger partial charge in [-0.2, -0.15) is 0 Å². The maximum atomic E-state index is 12.0. The average Bonchev–Trinajstić information content (AvgIpc) is 2.86. The van der Waals surface area contributed by atoms with Gasteiger partial charge in [-0.15, -0.1) is 11.3 Å². The van der Waals surface area contributed by atoms with Gasteiger partial charge < -0.3 is 10.5 Å². The topological polar surface area (TPSA) is 94.3 Å². The number of aromatic nitrogens is 1. The van der Waals surface area contributed by atoms with Gasteiger partial charge >= 0.3 is 0 Å². The molecule has 0 aliphatic carbocycles. The van der Waals surface area contributed by atoms with Crippen LogP contribution in [0.5, 0.6) is 5.75 Å². The maximum Gasteiger partial charge on any atom is 0.266 e. The second kappa shape index (κ2) is 6.85. The van der Waals surface area contributed by atoms with E-state index in [0.717, 1.165) is 0 Å². The Hall–Kier alpha value is -2.41. The van der Waals surface area contributed by atoms with Crippen molar-refractivity contribution in [2.24, 2.45) is 5.73 Å². The third-order valence-electron chi connectivity index (χ3n) is 2.56. The molecule has 6 nitrogen and oxygen atoms in total. The molecule has 2 aromatic rings. The van der Waals surface area contributed by atoms with Crippen molar-refractivity contribution in [3.8, 4) is 5.75 Å². The third kappa shape index (κ3) is 4.57. The molecule has 2 rings (SSSR count). The Balaban J connectivity index is 1.91. The van der Waals surface area contributed by atoms with E-state index in [4.69, 9.17) is 10.5 Å². The number of hydrogen-bond acceptors (Lipinski definition) is 5. The van der Waals surface area contributed by atoms with Crippen molar-refractivity contribution in [1.82, 2.24) is 4.98 Å². The van der Waals surface area contributed by atoms with Crippen molar-refractivity contribution in [2.75, 3.05) is 5.32 Å². The Morgan fingerprint density at radius 1 is 1.38 bits per heavy atom. The number of thiazole rings is 1. The van der Waals surface area contributed by atoms with Gasteiger partial charge in [0, 0.05) is 5.38 Å². The lowest BCUT2D eigenvalue weighted by Crippen LogP contribution is -2.30. The van der Waals surface area contributed by atoms with Gasteiger partial charge in [-0.3, -0.25) is 14.9 Å². The number of carbonyl (C=O) groups is 2. The van der Waals surface area contributed by atoms with Gasteiger partial charge in [0.1, 0.15) is 5.75 Å². The summed E-state index contributed by atoms with van der Waals surface area (Å²) in [5.41, 5.74) is 5.63. The zero-order valence-electron chi connectivity index (χ0n) is 11.4. The van der Waals surface area contributed by atoms with E-state index in [2.05, 4.69) is 10.3 Å². The fraction of sp³-hybridized carbons (Fsp3) is 0.214. The second-order valence-electron chi connectivity index (χ2n) is 4.35. The van der Waals surface area contributed by atoms with Crippen LogP contribution in [0.1, 0.15) is 12.6 Å². The first-order valence-corrected chi connectivity index (χ1v) is 7.18. The zero-order chi connectivity index (χ0) is 15.2. The number of amides is 2. The molecule has 0 bridgehead atoms. The van der Waals surface area contributed by atoms with Crippen LogP contribution in [-0.4, -0.2) is 22.9 Å². The maximum absolute atomic E-state index is 12.0. The highest BCUT2D eigenvalue weighted by Crippen LogP contribution is 2.17. The van der Waals surface area contributed by atoms with Crippen molar-refractivity contribution in [3.05, 3.63) is 41.4 Å². The Morgan fingerprint density at radius 3 is 2.76 bits per heavy atom. The lowest BCUT2D eigenvalue weighted by Gasteiger charge is -2.13. The predicted molar refractivity (Wildman–Crippen MR) is 80.2 cm³/mol. The molecule has 7 heteroatoms. The molecular weight excluding hydrogens is 290 g/mol. The summed E-state index contributed by atoms with van der Waals surface area (Å²) in [4.78, 5) is 26.9. The molecule has 0 aliphatic heterocycles. The van der Waals surface area contributed by atoms with Crippen LogP contribution in [0.25, 0.3) is 0 Å². The zero-order valence-corrected chi connectivity index (χ0v) is 12.2. The number of hydrogen-bond donors (Lipinski definition) is 2. The van der Waals surface area contributed by atoms with Crippen molar-refractivity contribution < 1.29 is 14.3 Å². The van der Waals surface area contributed by atoms with E-state index < -0.39 is 12.0 Å². The molecule has 1 aromatic carbocycles. The molecule has 0 saturated heterocycles. The van der Waals surface area contributed by atoms with Crippen LogP contribution < -0.4 is 15.8 Å². The number of para-hydroxylation sites is 1. The van der Waals surface area contributed by atoms with Crippen molar-refractivity contribution in [2.45, 2.75) is 19.4 Å². The summed E-state index contributed by atoms with van der Waals surface area (Å²) >= 11 is 1.24. The first-order valence-electron chi connectivity index (χ1n) is 6.30. The number of anilines is 1. The largest absolute Gasteiger partial charge is 0.481 e. The number of nitrogens with one attached hydrogen (secondary N) is 1. The van der Waals surface area contributed by atoms with Crippen LogP contribution in [0.15, 0.2) is 35.7 Å². The lowest BCUT2D eigenvalue weighted by atomic mass is 10.3. The first-order chi connectivity index (χ1) is 10.0. The number of rotatable bonds is 6. The standard InChI is InChI=1S/C14H15N3O3S/c1-9(20-11-5-3-2-4-6-11)13(19)17-14-16-10(8-21-14)7-12(15)18/h2-6,8-9H,7H2,1H3,(H2,15,18)(H,16,17,19). The number of ether oxygens (including phenoxy) is 1. The number of primary amides is 1. The lowest BCUT2D eigenvalue weighted by molar-refractivity contribution is -0.122. The van der Waals surface area contributed by atoms with Gasteiger partial charge in [0.05, 0.1) is 12.1 Å². The van der Waals surface area contributed by atoms with E-state index in [0.29, 0.717) is 16.6 Å². The van der Waals surface area contributed by atoms with Crippen LogP contribution in [0.4, 0.5) is 5.13 Å². The highest BCUT2D eigenvalue weighted by Gasteiger charge is 2.16. The van der Waals surface area contributed by atoms with Gasteiger partial charge in [-0.1, -0.05) is 18.2 Å². The molecule has 0 saturated carbocycles. The van der Waals surface area contributed by atoms with Gasteiger partial charge in [-0.05, 0) is 19.1 Å². The van der Waals surface area contributed by atoms with E-state index >= 15 is 0 Å². The number of nitrogens with zero attached hydrogens (tertiary/aromatic N) is 1. The van der Waals surface area contributed by atoms with Crippen LogP contribution >= 0.6 is 11.3 Å². The first kappa shape index (κ1) is 15.0. The minimum Gasteiger partial charge on any atom is -0.481 e. The smallest absolute Gasteiger partial charge is 0.266 e. The predicted octanol–water partition coefficient (Wildman–Crippen LogP) is 1.58. The minimum atomic E-state index is -0.657. The monoisotopic (exact) mass is 305 g/mol. The number of nitrogens with two attached hydrogens (primary N) is 1. The molecular formula is C14H15N3O3S. The Bertz CT molecular complexity index is 627. The molecule has 0 fully saturated rings. The van der Waals surface area contributed by atoms with Crippen LogP contribution in [-0.2, 0) is 16.0 Å². The van der Waals surface area contributed by atoms with E-state index in [1.54, 1.807) is 24.4 Å². The molecule has 110 valence electrons. The van der Waals surface area contributed by atoms with E-state index in [1.807, 2.05) is 18.2 Å². The van der Waals surface area contributed by atoms with Crippen LogP contribution in [0.2, 0.25) is 0 Å². The molecule has 0 spiro atoms. The summed E-state index contributed by atoms with van der Waals surface area (Å²) in [5.74, 6) is -0.147. The fourth-order valence-corrected chi connectivity index (χ4v) is 2.30. The SMILES string of the molecule is CC(Oc1ccccc1)C(=O)Nc1nc(CC(N)=O)cs1. The molecule has 21 heavy (non-hydrogen) atoms. The average molecular weight is 305 g/mol. The summed E-state index contributed by atoms with van der Waals surface area (Å²) in [7, 11) is 0. The molecule has 2 amide bonds. The quantitative estimate of drug-likeness (QED) is 0.847. The molecule has 0 radical (unpaired) electrons. The van der Waals surface area contributed by atoms with Gasteiger partial charge in [-0.25, -0.2) is 4.98 Å². The van der Waals surface area contributed by atoms with E-state index in [1.165, 1.54) is 11.3 Å². The molecule has 1 heterocycles. The van der Waals surface area contributed by atoms with Gasteiger partial charge in [0.2, 0.25) is 5.91 Å². The Morgan fingerprint density at radius 2 is 2.10 bits per heavy atom. The number of carbonyl (C=O) groups excluding carboxylic acids is 2. The van der Waals surface area contributed by atoms with Crippen molar-refractivity contribution >= 4 is 28.3 Å². The van der Waals surface area contributed by atoms with Crippen LogP contribution in [0, 0.1) is 0 Å². The summed E-state index contributed by atoms with van der Waals surface area (Å²) in [6.07, 6.45) is -0.599. The highest BCUT2D eigenvalue weighted by molar-refractivity contribution is 7.13.